The molecule has 3 rings (SSSR count). The molecule has 318 valence electrons. The molecule has 0 saturated carbocycles. The maximum absolute atomic E-state index is 12.0. The fourth-order valence-corrected chi connectivity index (χ4v) is 6.26. The van der Waals surface area contributed by atoms with E-state index < -0.39 is 11.9 Å². The number of benzene rings is 1. The number of hydrogen-bond acceptors (Lipinski definition) is 18. The van der Waals surface area contributed by atoms with Gasteiger partial charge in [0.25, 0.3) is 0 Å². The van der Waals surface area contributed by atoms with Crippen LogP contribution in [0.3, 0.4) is 0 Å². The van der Waals surface area contributed by atoms with Crippen molar-refractivity contribution in [2.75, 3.05) is 118 Å². The van der Waals surface area contributed by atoms with E-state index in [2.05, 4.69) is 32.3 Å². The van der Waals surface area contributed by atoms with Gasteiger partial charge in [0.15, 0.2) is 0 Å². The minimum Gasteiger partial charge on any atom is -0.491 e. The molecule has 0 aliphatic rings. The van der Waals surface area contributed by atoms with Crippen molar-refractivity contribution in [2.45, 2.75) is 19.2 Å². The number of thioether (sulfide) groups is 1. The summed E-state index contributed by atoms with van der Waals surface area (Å²) in [6, 6.07) is 17.6. The van der Waals surface area contributed by atoms with E-state index in [9.17, 15) is 19.8 Å². The molecule has 0 bridgehead atoms. The Hall–Kier alpha value is -3.91. The number of nitrogens with zero attached hydrogens (tertiary/aromatic N) is 5. The number of rotatable bonds is 32. The summed E-state index contributed by atoms with van der Waals surface area (Å²) >= 11 is 6.30. The number of methoxy groups -OCH3 is 2. The first-order valence-corrected chi connectivity index (χ1v) is 20.4. The number of aliphatic imine (C=N–C) groups is 1. The predicted octanol–water partition coefficient (Wildman–Crippen LogP) is 3.32. The fourth-order valence-electron chi connectivity index (χ4n) is 5.30. The zero-order valence-electron chi connectivity index (χ0n) is 33.2. The van der Waals surface area contributed by atoms with Crippen molar-refractivity contribution >= 4 is 46.8 Å². The molecule has 1 atom stereocenters. The second-order valence-corrected chi connectivity index (χ2v) is 13.8. The van der Waals surface area contributed by atoms with Crippen LogP contribution in [0.5, 0.6) is 5.75 Å². The van der Waals surface area contributed by atoms with Crippen LogP contribution in [0.15, 0.2) is 65.7 Å². The number of aromatic nitrogens is 2. The van der Waals surface area contributed by atoms with Gasteiger partial charge in [-0.05, 0) is 60.7 Å². The van der Waals surface area contributed by atoms with Gasteiger partial charge in [-0.25, -0.2) is 19.6 Å². The summed E-state index contributed by atoms with van der Waals surface area (Å²) in [5.74, 6) is 1.09. The Morgan fingerprint density at radius 3 is 1.88 bits per heavy atom. The maximum Gasteiger partial charge on any atom is 0.356 e. The minimum atomic E-state index is -0.513. The highest BCUT2D eigenvalue weighted by atomic mass is 32.2. The third-order valence-electron chi connectivity index (χ3n) is 8.18. The third kappa shape index (κ3) is 20.2. The van der Waals surface area contributed by atoms with Crippen LogP contribution in [0, 0.1) is 0 Å². The zero-order valence-corrected chi connectivity index (χ0v) is 34.8. The van der Waals surface area contributed by atoms with Gasteiger partial charge >= 0.3 is 11.9 Å². The van der Waals surface area contributed by atoms with Crippen molar-refractivity contribution in [3.05, 3.63) is 83.4 Å². The highest BCUT2D eigenvalue weighted by molar-refractivity contribution is 7.99. The molecule has 2 heterocycles. The average molecular weight is 846 g/mol. The highest BCUT2D eigenvalue weighted by Gasteiger charge is 2.16. The molecule has 0 aliphatic carbocycles. The maximum atomic E-state index is 12.0. The number of isothiocyanates is 1. The molecule has 0 radical (unpaired) electrons. The monoisotopic (exact) mass is 845 g/mol. The lowest BCUT2D eigenvalue weighted by atomic mass is 10.3. The number of thiocarbonyl (C=S) groups is 1. The van der Waals surface area contributed by atoms with Crippen LogP contribution >= 0.6 is 24.0 Å². The normalized spacial score (nSPS) is 11.7. The second kappa shape index (κ2) is 30.2. The molecule has 0 unspecified atom stereocenters. The molecule has 1 aromatic carbocycles. The first kappa shape index (κ1) is 48.5. The molecule has 0 spiro atoms. The number of ether oxygens (including phenoxy) is 7. The number of pyridine rings is 2. The van der Waals surface area contributed by atoms with E-state index in [0.717, 1.165) is 17.2 Å². The van der Waals surface area contributed by atoms with Gasteiger partial charge in [-0.2, -0.15) is 16.8 Å². The van der Waals surface area contributed by atoms with E-state index in [4.69, 9.17) is 33.2 Å². The number of carbonyl (C=O) groups excluding carboxylic acids is 2. The summed E-state index contributed by atoms with van der Waals surface area (Å²) in [4.78, 5) is 40.6. The Bertz CT molecular complexity index is 1650. The Kier molecular flexibility index (Phi) is 25.2. The summed E-state index contributed by atoms with van der Waals surface area (Å²) in [5, 5.41) is 21.7. The quantitative estimate of drug-likeness (QED) is 0.0404. The van der Waals surface area contributed by atoms with Crippen molar-refractivity contribution in [1.82, 2.24) is 19.8 Å². The first-order valence-electron chi connectivity index (χ1n) is 18.9. The molecule has 2 N–H and O–H groups in total. The molecule has 3 aromatic rings. The molecule has 0 aliphatic heterocycles. The summed E-state index contributed by atoms with van der Waals surface area (Å²) in [6.07, 6.45) is -0.237. The molecule has 0 amide bonds. The van der Waals surface area contributed by atoms with Crippen LogP contribution in [0.4, 0.5) is 5.69 Å². The number of aliphatic hydroxyl groups is 2. The van der Waals surface area contributed by atoms with E-state index in [-0.39, 0.29) is 30.7 Å². The van der Waals surface area contributed by atoms with Crippen LogP contribution in [0.2, 0.25) is 0 Å². The van der Waals surface area contributed by atoms with Gasteiger partial charge in [0.2, 0.25) is 0 Å². The second-order valence-electron chi connectivity index (χ2n) is 12.4. The van der Waals surface area contributed by atoms with Crippen LogP contribution in [-0.2, 0) is 41.5 Å². The molecule has 2 aromatic heterocycles. The van der Waals surface area contributed by atoms with Crippen molar-refractivity contribution in [3.8, 4) is 5.75 Å². The minimum absolute atomic E-state index is 0.0457. The topological polar surface area (TPSA) is 184 Å². The predicted molar refractivity (Wildman–Crippen MR) is 222 cm³/mol. The Morgan fingerprint density at radius 1 is 0.741 bits per heavy atom. The standard InChI is InChI=1S/C40H55N5O11S2/c1-50-39(48)37-7-3-5-33(42-37)27-44(13-17-46)15-19-54-29-36(55-20-16-45(14-18-47)28-34-6-4-8-38(43-34)40(49)51-2)30-58-26-25-53-22-21-52-23-24-56-35-11-9-32(10-12-35)41-31-57/h3-12,36,46-47H,13-30H2,1-2H3/t36-/m0/s1. The molecular weight excluding hydrogens is 791 g/mol. The molecule has 18 heteroatoms. The van der Waals surface area contributed by atoms with Gasteiger partial charge in [-0.15, -0.1) is 0 Å². The summed E-state index contributed by atoms with van der Waals surface area (Å²) in [5.41, 5.74) is 2.51. The van der Waals surface area contributed by atoms with Crippen molar-refractivity contribution in [3.63, 3.8) is 0 Å². The van der Waals surface area contributed by atoms with E-state index in [0.29, 0.717) is 109 Å². The molecule has 0 fully saturated rings. The lowest BCUT2D eigenvalue weighted by molar-refractivity contribution is -0.0176. The molecule has 16 nitrogen and oxygen atoms in total. The van der Waals surface area contributed by atoms with E-state index in [1.807, 2.05) is 34.1 Å². The number of esters is 2. The van der Waals surface area contributed by atoms with Crippen LogP contribution in [-0.4, -0.2) is 171 Å². The van der Waals surface area contributed by atoms with Crippen molar-refractivity contribution in [1.29, 1.82) is 0 Å². The van der Waals surface area contributed by atoms with Gasteiger partial charge < -0.3 is 43.4 Å². The van der Waals surface area contributed by atoms with Gasteiger partial charge in [0, 0.05) is 50.8 Å². The molecule has 0 saturated heterocycles. The zero-order chi connectivity index (χ0) is 41.6. The largest absolute Gasteiger partial charge is 0.491 e. The van der Waals surface area contributed by atoms with Crippen molar-refractivity contribution < 1.29 is 53.0 Å². The Morgan fingerprint density at radius 2 is 1.31 bits per heavy atom. The average Bonchev–Trinajstić information content (AvgIpc) is 3.24. The van der Waals surface area contributed by atoms with E-state index in [1.54, 1.807) is 48.2 Å². The van der Waals surface area contributed by atoms with Gasteiger partial charge in [-0.3, -0.25) is 9.80 Å². The highest BCUT2D eigenvalue weighted by Crippen LogP contribution is 2.17. The SMILES string of the molecule is COC(=O)c1cccc(CN(CCO)CCOC[C@@H](CSCCOCCOCCOc2ccc(N=C=S)cc2)OCCN(CCO)Cc2cccc(C(=O)OC)n2)n1. The number of hydrogen-bond donors (Lipinski definition) is 2. The lowest BCUT2D eigenvalue weighted by Gasteiger charge is -2.24. The van der Waals surface area contributed by atoms with Crippen LogP contribution in [0.25, 0.3) is 0 Å². The third-order valence-corrected chi connectivity index (χ3v) is 9.33. The van der Waals surface area contributed by atoms with Crippen LogP contribution < -0.4 is 4.74 Å². The smallest absolute Gasteiger partial charge is 0.356 e. The number of aliphatic hydroxyl groups excluding tert-OH is 2. The van der Waals surface area contributed by atoms with Crippen molar-refractivity contribution in [2.24, 2.45) is 4.99 Å². The van der Waals surface area contributed by atoms with Gasteiger partial charge in [0.1, 0.15) is 23.7 Å². The van der Waals surface area contributed by atoms with Gasteiger partial charge in [-0.1, -0.05) is 12.1 Å². The summed E-state index contributed by atoms with van der Waals surface area (Å²) < 4.78 is 39.0. The lowest BCUT2D eigenvalue weighted by Crippen LogP contribution is -2.34. The first-order chi connectivity index (χ1) is 28.4. The van der Waals surface area contributed by atoms with Crippen LogP contribution in [0.1, 0.15) is 32.4 Å². The fraction of sp³-hybridized carbons (Fsp3) is 0.525. The summed E-state index contributed by atoms with van der Waals surface area (Å²) in [7, 11) is 2.62. The number of carbonyl (C=O) groups is 2. The summed E-state index contributed by atoms with van der Waals surface area (Å²) in [6.45, 7) is 5.94. The van der Waals surface area contributed by atoms with E-state index >= 15 is 0 Å². The molecule has 58 heavy (non-hydrogen) atoms. The van der Waals surface area contributed by atoms with Gasteiger partial charge in [0.05, 0.1) is 102 Å². The van der Waals surface area contributed by atoms with E-state index in [1.165, 1.54) is 14.2 Å². The molecular formula is C40H55N5O11S2. The Labute approximate surface area is 349 Å². The Balaban J connectivity index is 1.44.